The van der Waals surface area contributed by atoms with Crippen LogP contribution in [-0.4, -0.2) is 0 Å². The van der Waals surface area contributed by atoms with Gasteiger partial charge in [-0.05, 0) is 38.1 Å². The lowest BCUT2D eigenvalue weighted by molar-refractivity contribution is 0.582. The monoisotopic (exact) mass is 172 g/mol. The van der Waals surface area contributed by atoms with Crippen LogP contribution in [-0.2, 0) is 0 Å². The fourth-order valence-corrected chi connectivity index (χ4v) is 1.56. The second-order valence-corrected chi connectivity index (χ2v) is 3.35. The molecule has 0 atom stereocenters. The zero-order valence-corrected chi connectivity index (χ0v) is 7.87. The van der Waals surface area contributed by atoms with Gasteiger partial charge in [-0.2, -0.15) is 0 Å². The van der Waals surface area contributed by atoms with E-state index in [9.17, 15) is 0 Å². The molecule has 0 spiro atoms. The van der Waals surface area contributed by atoms with Gasteiger partial charge in [-0.1, -0.05) is 17.2 Å². The first-order chi connectivity index (χ1) is 6.25. The normalized spacial score (nSPS) is 10.3. The number of furan rings is 1. The Hall–Kier alpha value is -1.50. The molecule has 0 amide bonds. The van der Waals surface area contributed by atoms with E-state index in [1.165, 1.54) is 11.1 Å². The van der Waals surface area contributed by atoms with Crippen molar-refractivity contribution in [2.75, 3.05) is 0 Å². The molecule has 0 fully saturated rings. The molecule has 0 aliphatic rings. The average Bonchev–Trinajstić information content (AvgIpc) is 2.53. The van der Waals surface area contributed by atoms with Gasteiger partial charge >= 0.3 is 0 Å². The van der Waals surface area contributed by atoms with E-state index in [4.69, 9.17) is 4.42 Å². The maximum Gasteiger partial charge on any atom is 0.133 e. The minimum atomic E-state index is 0.937. The summed E-state index contributed by atoms with van der Waals surface area (Å²) in [6.07, 6.45) is 1.70. The van der Waals surface area contributed by atoms with Gasteiger partial charge in [0.25, 0.3) is 0 Å². The third-order valence-corrected chi connectivity index (χ3v) is 2.03. The van der Waals surface area contributed by atoms with E-state index in [0.29, 0.717) is 0 Å². The third kappa shape index (κ3) is 1.64. The smallest absolute Gasteiger partial charge is 0.133 e. The zero-order valence-electron chi connectivity index (χ0n) is 7.87. The summed E-state index contributed by atoms with van der Waals surface area (Å²) in [4.78, 5) is 0. The molecular weight excluding hydrogens is 160 g/mol. The van der Waals surface area contributed by atoms with Crippen LogP contribution in [0.1, 0.15) is 11.1 Å². The molecule has 0 aliphatic carbocycles. The van der Waals surface area contributed by atoms with Crippen molar-refractivity contribution < 1.29 is 4.42 Å². The van der Waals surface area contributed by atoms with E-state index in [2.05, 4.69) is 32.0 Å². The molecule has 0 radical (unpaired) electrons. The quantitative estimate of drug-likeness (QED) is 0.641. The lowest BCUT2D eigenvalue weighted by atomic mass is 10.1. The van der Waals surface area contributed by atoms with Crippen molar-refractivity contribution in [3.05, 3.63) is 47.7 Å². The highest BCUT2D eigenvalue weighted by molar-refractivity contribution is 5.59. The lowest BCUT2D eigenvalue weighted by Gasteiger charge is -2.01. The summed E-state index contributed by atoms with van der Waals surface area (Å²) in [7, 11) is 0. The van der Waals surface area contributed by atoms with Crippen LogP contribution in [0.2, 0.25) is 0 Å². The number of hydrogen-bond donors (Lipinski definition) is 0. The standard InChI is InChI=1S/C12H12O/c1-9-6-10(2)8-11(7-9)12-4-3-5-13-12/h3-8H,1-2H3. The van der Waals surface area contributed by atoms with Crippen LogP contribution in [0.3, 0.4) is 0 Å². The molecule has 0 unspecified atom stereocenters. The Kier molecular flexibility index (Phi) is 1.93. The van der Waals surface area contributed by atoms with E-state index < -0.39 is 0 Å². The minimum absolute atomic E-state index is 0.937. The van der Waals surface area contributed by atoms with Crippen molar-refractivity contribution >= 4 is 0 Å². The molecule has 0 bridgehead atoms. The fourth-order valence-electron chi connectivity index (χ4n) is 1.56. The minimum Gasteiger partial charge on any atom is -0.464 e. The van der Waals surface area contributed by atoms with Gasteiger partial charge in [0.1, 0.15) is 5.76 Å². The van der Waals surface area contributed by atoms with E-state index >= 15 is 0 Å². The largest absolute Gasteiger partial charge is 0.464 e. The summed E-state index contributed by atoms with van der Waals surface area (Å²) >= 11 is 0. The van der Waals surface area contributed by atoms with E-state index in [-0.39, 0.29) is 0 Å². The highest BCUT2D eigenvalue weighted by Gasteiger charge is 2.00. The molecule has 0 N–H and O–H groups in total. The molecule has 1 nitrogen and oxygen atoms in total. The average molecular weight is 172 g/mol. The van der Waals surface area contributed by atoms with Crippen molar-refractivity contribution in [3.8, 4) is 11.3 Å². The Balaban J connectivity index is 2.53. The van der Waals surface area contributed by atoms with Crippen molar-refractivity contribution in [2.24, 2.45) is 0 Å². The Morgan fingerprint density at radius 1 is 1.00 bits per heavy atom. The molecule has 1 heterocycles. The highest BCUT2D eigenvalue weighted by atomic mass is 16.3. The topological polar surface area (TPSA) is 13.1 Å². The summed E-state index contributed by atoms with van der Waals surface area (Å²) in [5.41, 5.74) is 3.69. The van der Waals surface area contributed by atoms with Gasteiger partial charge in [0.15, 0.2) is 0 Å². The van der Waals surface area contributed by atoms with Crippen LogP contribution in [0.15, 0.2) is 41.0 Å². The maximum absolute atomic E-state index is 5.33. The SMILES string of the molecule is Cc1cc(C)cc(-c2ccco2)c1. The van der Waals surface area contributed by atoms with Crippen LogP contribution in [0.5, 0.6) is 0 Å². The summed E-state index contributed by atoms with van der Waals surface area (Å²) in [6.45, 7) is 4.19. The summed E-state index contributed by atoms with van der Waals surface area (Å²) in [6, 6.07) is 10.3. The van der Waals surface area contributed by atoms with Crippen molar-refractivity contribution in [2.45, 2.75) is 13.8 Å². The van der Waals surface area contributed by atoms with Crippen molar-refractivity contribution in [3.63, 3.8) is 0 Å². The number of aryl methyl sites for hydroxylation is 2. The first kappa shape index (κ1) is 8.11. The van der Waals surface area contributed by atoms with Crippen LogP contribution < -0.4 is 0 Å². The number of rotatable bonds is 1. The molecule has 0 aliphatic heterocycles. The molecule has 1 heteroatoms. The predicted octanol–water partition coefficient (Wildman–Crippen LogP) is 3.56. The molecule has 13 heavy (non-hydrogen) atoms. The van der Waals surface area contributed by atoms with Gasteiger partial charge in [-0.15, -0.1) is 0 Å². The van der Waals surface area contributed by atoms with Crippen molar-refractivity contribution in [1.29, 1.82) is 0 Å². The Labute approximate surface area is 78.0 Å². The first-order valence-corrected chi connectivity index (χ1v) is 4.38. The maximum atomic E-state index is 5.33. The molecule has 0 saturated carbocycles. The highest BCUT2D eigenvalue weighted by Crippen LogP contribution is 2.22. The molecule has 1 aromatic heterocycles. The number of benzene rings is 1. The summed E-state index contributed by atoms with van der Waals surface area (Å²) < 4.78 is 5.33. The Morgan fingerprint density at radius 2 is 1.69 bits per heavy atom. The molecule has 66 valence electrons. The predicted molar refractivity (Wildman–Crippen MR) is 53.6 cm³/mol. The molecular formula is C12H12O. The molecule has 1 aromatic carbocycles. The Morgan fingerprint density at radius 3 is 2.23 bits per heavy atom. The Bertz CT molecular complexity index is 379. The fraction of sp³-hybridized carbons (Fsp3) is 0.167. The van der Waals surface area contributed by atoms with Gasteiger partial charge in [0.05, 0.1) is 6.26 Å². The van der Waals surface area contributed by atoms with E-state index in [1.807, 2.05) is 12.1 Å². The summed E-state index contributed by atoms with van der Waals surface area (Å²) in [5.74, 6) is 0.937. The zero-order chi connectivity index (χ0) is 9.26. The van der Waals surface area contributed by atoms with Crippen LogP contribution in [0.4, 0.5) is 0 Å². The first-order valence-electron chi connectivity index (χ1n) is 4.38. The third-order valence-electron chi connectivity index (χ3n) is 2.03. The molecule has 0 saturated heterocycles. The van der Waals surface area contributed by atoms with Gasteiger partial charge < -0.3 is 4.42 Å². The molecule has 2 aromatic rings. The molecule has 2 rings (SSSR count). The number of hydrogen-bond acceptors (Lipinski definition) is 1. The van der Waals surface area contributed by atoms with Crippen LogP contribution in [0, 0.1) is 13.8 Å². The van der Waals surface area contributed by atoms with Crippen LogP contribution in [0.25, 0.3) is 11.3 Å². The van der Waals surface area contributed by atoms with Crippen LogP contribution >= 0.6 is 0 Å². The van der Waals surface area contributed by atoms with Gasteiger partial charge in [-0.25, -0.2) is 0 Å². The second kappa shape index (κ2) is 3.09. The van der Waals surface area contributed by atoms with Crippen molar-refractivity contribution in [1.82, 2.24) is 0 Å². The lowest BCUT2D eigenvalue weighted by Crippen LogP contribution is -1.80. The van der Waals surface area contributed by atoms with E-state index in [1.54, 1.807) is 6.26 Å². The summed E-state index contributed by atoms with van der Waals surface area (Å²) in [5, 5.41) is 0. The van der Waals surface area contributed by atoms with Gasteiger partial charge in [0, 0.05) is 5.56 Å². The van der Waals surface area contributed by atoms with Gasteiger partial charge in [-0.3, -0.25) is 0 Å². The second-order valence-electron chi connectivity index (χ2n) is 3.35. The van der Waals surface area contributed by atoms with Gasteiger partial charge in [0.2, 0.25) is 0 Å². The van der Waals surface area contributed by atoms with E-state index in [0.717, 1.165) is 11.3 Å².